The molecule has 0 aliphatic rings. The molecule has 3 heteroatoms. The van der Waals surface area contributed by atoms with Crippen LogP contribution in [0.25, 0.3) is 0 Å². The number of rotatable bonds is 7. The molecule has 1 rings (SSSR count). The van der Waals surface area contributed by atoms with Gasteiger partial charge in [-0.2, -0.15) is 0 Å². The zero-order valence-corrected chi connectivity index (χ0v) is 12.0. The number of Topliss-reactive ketones (excluding diaryl/α,β-unsaturated/α-hetero) is 1. The third-order valence-corrected chi connectivity index (χ3v) is 3.21. The van der Waals surface area contributed by atoms with Gasteiger partial charge in [-0.25, -0.2) is 0 Å². The fourth-order valence-electron chi connectivity index (χ4n) is 2.24. The number of amides is 1. The zero-order valence-electron chi connectivity index (χ0n) is 12.0. The van der Waals surface area contributed by atoms with Crippen LogP contribution in [-0.2, 0) is 4.79 Å². The van der Waals surface area contributed by atoms with Gasteiger partial charge in [0.2, 0.25) is 5.91 Å². The SMILES string of the molecule is CCCC(CCC)C(=O)Nc1ccccc1C(C)=O. The number of hydrogen-bond donors (Lipinski definition) is 1. The Hall–Kier alpha value is -1.64. The molecule has 0 bridgehead atoms. The van der Waals surface area contributed by atoms with E-state index in [2.05, 4.69) is 19.2 Å². The van der Waals surface area contributed by atoms with Crippen molar-refractivity contribution >= 4 is 17.4 Å². The third-order valence-electron chi connectivity index (χ3n) is 3.21. The summed E-state index contributed by atoms with van der Waals surface area (Å²) in [6.45, 7) is 5.68. The molecule has 1 N–H and O–H groups in total. The number of carbonyl (C=O) groups is 2. The summed E-state index contributed by atoms with van der Waals surface area (Å²) in [6, 6.07) is 7.16. The molecule has 0 spiro atoms. The highest BCUT2D eigenvalue weighted by Crippen LogP contribution is 2.20. The van der Waals surface area contributed by atoms with E-state index in [0.29, 0.717) is 11.3 Å². The number of hydrogen-bond acceptors (Lipinski definition) is 2. The van der Waals surface area contributed by atoms with E-state index in [9.17, 15) is 9.59 Å². The fraction of sp³-hybridized carbons (Fsp3) is 0.500. The van der Waals surface area contributed by atoms with Crippen molar-refractivity contribution in [1.29, 1.82) is 0 Å². The van der Waals surface area contributed by atoms with Crippen molar-refractivity contribution in [2.24, 2.45) is 5.92 Å². The third kappa shape index (κ3) is 4.51. The van der Waals surface area contributed by atoms with Crippen LogP contribution in [0.4, 0.5) is 5.69 Å². The van der Waals surface area contributed by atoms with Crippen molar-refractivity contribution in [3.05, 3.63) is 29.8 Å². The molecule has 0 atom stereocenters. The lowest BCUT2D eigenvalue weighted by Crippen LogP contribution is -2.23. The number of para-hydroxylation sites is 1. The quantitative estimate of drug-likeness (QED) is 0.753. The molecule has 3 nitrogen and oxygen atoms in total. The van der Waals surface area contributed by atoms with Gasteiger partial charge in [0, 0.05) is 11.5 Å². The van der Waals surface area contributed by atoms with Crippen molar-refractivity contribution in [3.63, 3.8) is 0 Å². The second kappa shape index (κ2) is 7.72. The number of benzene rings is 1. The Morgan fingerprint density at radius 3 is 2.21 bits per heavy atom. The molecule has 0 fully saturated rings. The summed E-state index contributed by atoms with van der Waals surface area (Å²) in [5.74, 6) is 0.0332. The van der Waals surface area contributed by atoms with Gasteiger partial charge in [0.25, 0.3) is 0 Å². The van der Waals surface area contributed by atoms with Crippen molar-refractivity contribution in [3.8, 4) is 0 Å². The highest BCUT2D eigenvalue weighted by molar-refractivity contribution is 6.04. The fourth-order valence-corrected chi connectivity index (χ4v) is 2.24. The monoisotopic (exact) mass is 261 g/mol. The molecule has 0 saturated heterocycles. The topological polar surface area (TPSA) is 46.2 Å². The molecule has 1 amide bonds. The summed E-state index contributed by atoms with van der Waals surface area (Å²) in [5, 5.41) is 2.90. The van der Waals surface area contributed by atoms with Gasteiger partial charge in [0.05, 0.1) is 5.69 Å². The predicted molar refractivity (Wildman–Crippen MR) is 78.4 cm³/mol. The normalized spacial score (nSPS) is 10.5. The van der Waals surface area contributed by atoms with Crippen LogP contribution < -0.4 is 5.32 Å². The minimum absolute atomic E-state index is 0.0254. The van der Waals surface area contributed by atoms with Crippen LogP contribution in [0.1, 0.15) is 56.8 Å². The van der Waals surface area contributed by atoms with Gasteiger partial charge in [-0.05, 0) is 31.9 Å². The molecular weight excluding hydrogens is 238 g/mol. The molecule has 0 heterocycles. The van der Waals surface area contributed by atoms with Gasteiger partial charge in [-0.3, -0.25) is 9.59 Å². The summed E-state index contributed by atoms with van der Waals surface area (Å²) in [5.41, 5.74) is 1.19. The van der Waals surface area contributed by atoms with Crippen molar-refractivity contribution < 1.29 is 9.59 Å². The second-order valence-electron chi connectivity index (χ2n) is 4.87. The van der Waals surface area contributed by atoms with Gasteiger partial charge in [-0.1, -0.05) is 38.8 Å². The maximum Gasteiger partial charge on any atom is 0.227 e. The molecule has 104 valence electrons. The summed E-state index contributed by atoms with van der Waals surface area (Å²) in [7, 11) is 0. The first-order valence-electron chi connectivity index (χ1n) is 7.00. The van der Waals surface area contributed by atoms with Gasteiger partial charge < -0.3 is 5.32 Å². The molecule has 0 aliphatic heterocycles. The van der Waals surface area contributed by atoms with Gasteiger partial charge in [0.15, 0.2) is 5.78 Å². The second-order valence-corrected chi connectivity index (χ2v) is 4.87. The molecule has 19 heavy (non-hydrogen) atoms. The summed E-state index contributed by atoms with van der Waals surface area (Å²) in [4.78, 5) is 23.8. The number of nitrogens with one attached hydrogen (secondary N) is 1. The maximum absolute atomic E-state index is 12.2. The van der Waals surface area contributed by atoms with Crippen molar-refractivity contribution in [2.75, 3.05) is 5.32 Å². The smallest absolute Gasteiger partial charge is 0.227 e. The molecule has 1 aromatic rings. The average Bonchev–Trinajstić information content (AvgIpc) is 2.38. The molecule has 0 aliphatic carbocycles. The molecule has 1 aromatic carbocycles. The minimum Gasteiger partial charge on any atom is -0.325 e. The summed E-state index contributed by atoms with van der Waals surface area (Å²) in [6.07, 6.45) is 3.77. The largest absolute Gasteiger partial charge is 0.325 e. The Kier molecular flexibility index (Phi) is 6.26. The molecule has 0 unspecified atom stereocenters. The first-order valence-corrected chi connectivity index (χ1v) is 7.00. The number of carbonyl (C=O) groups excluding carboxylic acids is 2. The van der Waals surface area contributed by atoms with Crippen LogP contribution in [0.15, 0.2) is 24.3 Å². The van der Waals surface area contributed by atoms with Crippen LogP contribution >= 0.6 is 0 Å². The van der Waals surface area contributed by atoms with Crippen LogP contribution in [0, 0.1) is 5.92 Å². The average molecular weight is 261 g/mol. The summed E-state index contributed by atoms with van der Waals surface area (Å²) >= 11 is 0. The maximum atomic E-state index is 12.2. The van der Waals surface area contributed by atoms with Crippen molar-refractivity contribution in [2.45, 2.75) is 46.5 Å². The Morgan fingerprint density at radius 1 is 1.11 bits per heavy atom. The Balaban J connectivity index is 2.83. The van der Waals surface area contributed by atoms with Gasteiger partial charge >= 0.3 is 0 Å². The van der Waals surface area contributed by atoms with Crippen LogP contribution in [0.5, 0.6) is 0 Å². The standard InChI is InChI=1S/C16H23NO2/c1-4-8-13(9-5-2)16(19)17-15-11-7-6-10-14(15)12(3)18/h6-7,10-11,13H,4-5,8-9H2,1-3H3,(H,17,19). The van der Waals surface area contributed by atoms with E-state index in [4.69, 9.17) is 0 Å². The zero-order chi connectivity index (χ0) is 14.3. The predicted octanol–water partition coefficient (Wildman–Crippen LogP) is 4.04. The van der Waals surface area contributed by atoms with Crippen LogP contribution in [0.2, 0.25) is 0 Å². The first kappa shape index (κ1) is 15.4. The number of ketones is 1. The molecule has 0 aromatic heterocycles. The highest BCUT2D eigenvalue weighted by atomic mass is 16.2. The van der Waals surface area contributed by atoms with E-state index in [1.54, 1.807) is 12.1 Å². The van der Waals surface area contributed by atoms with E-state index in [1.165, 1.54) is 6.92 Å². The van der Waals surface area contributed by atoms with Crippen LogP contribution in [0.3, 0.4) is 0 Å². The lowest BCUT2D eigenvalue weighted by atomic mass is 9.97. The minimum atomic E-state index is -0.0292. The molecular formula is C16H23NO2. The van der Waals surface area contributed by atoms with Crippen LogP contribution in [-0.4, -0.2) is 11.7 Å². The number of anilines is 1. The molecule has 0 radical (unpaired) electrons. The van der Waals surface area contributed by atoms with E-state index >= 15 is 0 Å². The first-order chi connectivity index (χ1) is 9.10. The summed E-state index contributed by atoms with van der Waals surface area (Å²) < 4.78 is 0. The lowest BCUT2D eigenvalue weighted by Gasteiger charge is -2.16. The van der Waals surface area contributed by atoms with Gasteiger partial charge in [0.1, 0.15) is 0 Å². The Bertz CT molecular complexity index is 434. The van der Waals surface area contributed by atoms with E-state index in [-0.39, 0.29) is 17.6 Å². The highest BCUT2D eigenvalue weighted by Gasteiger charge is 2.18. The lowest BCUT2D eigenvalue weighted by molar-refractivity contribution is -0.120. The van der Waals surface area contributed by atoms with E-state index in [0.717, 1.165) is 25.7 Å². The Labute approximate surface area is 115 Å². The van der Waals surface area contributed by atoms with Crippen molar-refractivity contribution in [1.82, 2.24) is 0 Å². The van der Waals surface area contributed by atoms with Gasteiger partial charge in [-0.15, -0.1) is 0 Å². The molecule has 0 saturated carbocycles. The van der Waals surface area contributed by atoms with E-state index < -0.39 is 0 Å². The van der Waals surface area contributed by atoms with E-state index in [1.807, 2.05) is 12.1 Å². The Morgan fingerprint density at radius 2 is 1.68 bits per heavy atom.